The largest absolute Gasteiger partial charge is 0.399 e. The fourth-order valence-corrected chi connectivity index (χ4v) is 2.42. The van der Waals surface area contributed by atoms with Crippen LogP contribution < -0.4 is 11.1 Å². The monoisotopic (exact) mass is 218 g/mol. The number of nitrogens with one attached hydrogen (secondary N) is 1. The van der Waals surface area contributed by atoms with Gasteiger partial charge < -0.3 is 11.1 Å². The van der Waals surface area contributed by atoms with Gasteiger partial charge in [-0.3, -0.25) is 0 Å². The lowest BCUT2D eigenvalue weighted by Gasteiger charge is -2.23. The molecule has 16 heavy (non-hydrogen) atoms. The molecule has 1 fully saturated rings. The molecule has 2 heteroatoms. The molecule has 0 bridgehead atoms. The van der Waals surface area contributed by atoms with Crippen LogP contribution in [0.1, 0.15) is 43.2 Å². The average molecular weight is 218 g/mol. The molecule has 0 radical (unpaired) electrons. The van der Waals surface area contributed by atoms with Crippen LogP contribution in [0.2, 0.25) is 0 Å². The minimum absolute atomic E-state index is 0.728. The molecular formula is C14H22N2. The molecule has 1 aromatic rings. The van der Waals surface area contributed by atoms with E-state index < -0.39 is 0 Å². The predicted molar refractivity (Wildman–Crippen MR) is 69.3 cm³/mol. The molecule has 3 N–H and O–H groups in total. The molecule has 88 valence electrons. The molecule has 2 nitrogen and oxygen atoms in total. The van der Waals surface area contributed by atoms with Crippen molar-refractivity contribution in [3.05, 3.63) is 29.3 Å². The minimum Gasteiger partial charge on any atom is -0.399 e. The van der Waals surface area contributed by atoms with Crippen LogP contribution in [0.3, 0.4) is 0 Å². The second-order valence-corrected chi connectivity index (χ2v) is 4.91. The molecule has 0 saturated heterocycles. The fourth-order valence-electron chi connectivity index (χ4n) is 2.42. The lowest BCUT2D eigenvalue weighted by molar-refractivity contribution is 0.372. The highest BCUT2D eigenvalue weighted by Gasteiger charge is 2.12. The van der Waals surface area contributed by atoms with Crippen LogP contribution >= 0.6 is 0 Å². The van der Waals surface area contributed by atoms with Gasteiger partial charge in [0.2, 0.25) is 0 Å². The molecular weight excluding hydrogens is 196 g/mol. The van der Waals surface area contributed by atoms with Gasteiger partial charge in [0.15, 0.2) is 0 Å². The first kappa shape index (κ1) is 11.5. The van der Waals surface area contributed by atoms with Crippen molar-refractivity contribution in [2.75, 3.05) is 5.73 Å². The number of nitrogens with two attached hydrogens (primary N) is 1. The highest BCUT2D eigenvalue weighted by atomic mass is 14.9. The van der Waals surface area contributed by atoms with Crippen molar-refractivity contribution in [1.82, 2.24) is 5.32 Å². The van der Waals surface area contributed by atoms with E-state index in [1.165, 1.54) is 43.2 Å². The summed E-state index contributed by atoms with van der Waals surface area (Å²) in [4.78, 5) is 0. The zero-order valence-electron chi connectivity index (χ0n) is 10.1. The van der Waals surface area contributed by atoms with Crippen LogP contribution in [0.15, 0.2) is 18.2 Å². The fraction of sp³-hybridized carbons (Fsp3) is 0.571. The van der Waals surface area contributed by atoms with Crippen LogP contribution in [0.4, 0.5) is 5.69 Å². The van der Waals surface area contributed by atoms with Crippen molar-refractivity contribution in [2.45, 2.75) is 51.6 Å². The van der Waals surface area contributed by atoms with Gasteiger partial charge in [0.1, 0.15) is 0 Å². The Balaban J connectivity index is 1.86. The van der Waals surface area contributed by atoms with Crippen LogP contribution in [-0.4, -0.2) is 6.04 Å². The standard InChI is InChI=1S/C14H22N2/c1-11-9-12(7-8-14(11)15)10-16-13-5-3-2-4-6-13/h7-9,13,16H,2-6,10,15H2,1H3. The molecule has 0 amide bonds. The molecule has 1 saturated carbocycles. The molecule has 0 spiro atoms. The topological polar surface area (TPSA) is 38.0 Å². The minimum atomic E-state index is 0.728. The van der Waals surface area contributed by atoms with Gasteiger partial charge in [-0.2, -0.15) is 0 Å². The highest BCUT2D eigenvalue weighted by Crippen LogP contribution is 2.18. The van der Waals surface area contributed by atoms with Gasteiger partial charge in [-0.25, -0.2) is 0 Å². The van der Waals surface area contributed by atoms with E-state index in [0.717, 1.165) is 18.3 Å². The Morgan fingerprint density at radius 2 is 2.00 bits per heavy atom. The van der Waals surface area contributed by atoms with Gasteiger partial charge >= 0.3 is 0 Å². The van der Waals surface area contributed by atoms with Crippen molar-refractivity contribution in [1.29, 1.82) is 0 Å². The van der Waals surface area contributed by atoms with Gasteiger partial charge in [-0.1, -0.05) is 31.4 Å². The predicted octanol–water partition coefficient (Wildman–Crippen LogP) is 3.00. The maximum absolute atomic E-state index is 5.81. The smallest absolute Gasteiger partial charge is 0.0343 e. The maximum atomic E-state index is 5.81. The van der Waals surface area contributed by atoms with Crippen LogP contribution in [0, 0.1) is 6.92 Å². The normalized spacial score (nSPS) is 17.6. The van der Waals surface area contributed by atoms with Gasteiger partial charge in [-0.05, 0) is 37.0 Å². The number of hydrogen-bond donors (Lipinski definition) is 2. The number of nitrogen functional groups attached to an aromatic ring is 1. The Morgan fingerprint density at radius 3 is 2.69 bits per heavy atom. The second-order valence-electron chi connectivity index (χ2n) is 4.91. The lowest BCUT2D eigenvalue weighted by atomic mass is 9.95. The van der Waals surface area contributed by atoms with E-state index >= 15 is 0 Å². The van der Waals surface area contributed by atoms with Crippen molar-refractivity contribution in [2.24, 2.45) is 0 Å². The molecule has 1 aromatic carbocycles. The molecule has 0 aliphatic heterocycles. The van der Waals surface area contributed by atoms with Gasteiger partial charge in [0, 0.05) is 18.3 Å². The van der Waals surface area contributed by atoms with Crippen molar-refractivity contribution < 1.29 is 0 Å². The molecule has 0 atom stereocenters. The summed E-state index contributed by atoms with van der Waals surface area (Å²) in [6.45, 7) is 3.05. The third-order valence-corrected chi connectivity index (χ3v) is 3.53. The number of aryl methyl sites for hydroxylation is 1. The first-order chi connectivity index (χ1) is 7.75. The third kappa shape index (κ3) is 2.99. The Bertz CT molecular complexity index is 341. The van der Waals surface area contributed by atoms with Gasteiger partial charge in [0.25, 0.3) is 0 Å². The molecule has 0 unspecified atom stereocenters. The molecule has 0 aromatic heterocycles. The van der Waals surface area contributed by atoms with Crippen molar-refractivity contribution in [3.8, 4) is 0 Å². The van der Waals surface area contributed by atoms with Gasteiger partial charge in [0.05, 0.1) is 0 Å². The Labute approximate surface area is 98.2 Å². The number of anilines is 1. The zero-order valence-corrected chi connectivity index (χ0v) is 10.1. The number of rotatable bonds is 3. The van der Waals surface area contributed by atoms with E-state index in [2.05, 4.69) is 24.4 Å². The van der Waals surface area contributed by atoms with Crippen LogP contribution in [0.5, 0.6) is 0 Å². The van der Waals surface area contributed by atoms with E-state index in [9.17, 15) is 0 Å². The summed E-state index contributed by atoms with van der Waals surface area (Å²) < 4.78 is 0. The SMILES string of the molecule is Cc1cc(CNC2CCCCC2)ccc1N. The molecule has 1 aliphatic rings. The van der Waals surface area contributed by atoms with Crippen molar-refractivity contribution >= 4 is 5.69 Å². The summed E-state index contributed by atoms with van der Waals surface area (Å²) in [5.74, 6) is 0. The highest BCUT2D eigenvalue weighted by molar-refractivity contribution is 5.47. The van der Waals surface area contributed by atoms with E-state index in [0.29, 0.717) is 0 Å². The van der Waals surface area contributed by atoms with E-state index in [1.807, 2.05) is 6.07 Å². The summed E-state index contributed by atoms with van der Waals surface area (Å²) in [7, 11) is 0. The van der Waals surface area contributed by atoms with E-state index in [4.69, 9.17) is 5.73 Å². The summed E-state index contributed by atoms with van der Waals surface area (Å²) in [6.07, 6.45) is 6.87. The Hall–Kier alpha value is -1.02. The van der Waals surface area contributed by atoms with Crippen LogP contribution in [-0.2, 0) is 6.54 Å². The molecule has 1 aliphatic carbocycles. The van der Waals surface area contributed by atoms with E-state index in [-0.39, 0.29) is 0 Å². The molecule has 0 heterocycles. The first-order valence-corrected chi connectivity index (χ1v) is 6.34. The Kier molecular flexibility index (Phi) is 3.83. The number of hydrogen-bond acceptors (Lipinski definition) is 2. The summed E-state index contributed by atoms with van der Waals surface area (Å²) >= 11 is 0. The number of benzene rings is 1. The maximum Gasteiger partial charge on any atom is 0.0343 e. The lowest BCUT2D eigenvalue weighted by Crippen LogP contribution is -2.30. The van der Waals surface area contributed by atoms with E-state index in [1.54, 1.807) is 0 Å². The quantitative estimate of drug-likeness (QED) is 0.765. The average Bonchev–Trinajstić information content (AvgIpc) is 2.32. The molecule has 2 rings (SSSR count). The van der Waals surface area contributed by atoms with Crippen molar-refractivity contribution in [3.63, 3.8) is 0 Å². The summed E-state index contributed by atoms with van der Waals surface area (Å²) in [5.41, 5.74) is 9.23. The Morgan fingerprint density at radius 1 is 1.25 bits per heavy atom. The zero-order chi connectivity index (χ0) is 11.4. The second kappa shape index (κ2) is 5.35. The first-order valence-electron chi connectivity index (χ1n) is 6.34. The van der Waals surface area contributed by atoms with Gasteiger partial charge in [-0.15, -0.1) is 0 Å². The third-order valence-electron chi connectivity index (χ3n) is 3.53. The van der Waals surface area contributed by atoms with Crippen LogP contribution in [0.25, 0.3) is 0 Å². The summed E-state index contributed by atoms with van der Waals surface area (Å²) in [6, 6.07) is 7.04. The summed E-state index contributed by atoms with van der Waals surface area (Å²) in [5, 5.41) is 3.64.